The highest BCUT2D eigenvalue weighted by Crippen LogP contribution is 2.20. The first-order chi connectivity index (χ1) is 8.99. The summed E-state index contributed by atoms with van der Waals surface area (Å²) in [6.07, 6.45) is 3.48. The molecule has 0 bridgehead atoms. The summed E-state index contributed by atoms with van der Waals surface area (Å²) in [4.78, 5) is 0.273. The molecule has 2 N–H and O–H groups in total. The molecule has 1 aliphatic rings. The van der Waals surface area contributed by atoms with Crippen LogP contribution < -0.4 is 10.1 Å². The van der Waals surface area contributed by atoms with Gasteiger partial charge in [-0.2, -0.15) is 0 Å². The number of nitrogens with one attached hydrogen (secondary N) is 1. The van der Waals surface area contributed by atoms with Crippen molar-refractivity contribution < 1.29 is 18.3 Å². The molecule has 2 rings (SSSR count). The molecule has 1 aromatic carbocycles. The van der Waals surface area contributed by atoms with Crippen molar-refractivity contribution >= 4 is 9.84 Å². The van der Waals surface area contributed by atoms with Crippen molar-refractivity contribution in [3.05, 3.63) is 24.3 Å². The molecular weight excluding hydrogens is 266 g/mol. The summed E-state index contributed by atoms with van der Waals surface area (Å²) in [6, 6.07) is 6.72. The zero-order valence-corrected chi connectivity index (χ0v) is 11.7. The van der Waals surface area contributed by atoms with E-state index >= 15 is 0 Å². The van der Waals surface area contributed by atoms with Crippen LogP contribution in [0.2, 0.25) is 0 Å². The summed E-state index contributed by atoms with van der Waals surface area (Å²) in [5.74, 6) is 0.600. The lowest BCUT2D eigenvalue weighted by molar-refractivity contribution is 0.182. The predicted molar refractivity (Wildman–Crippen MR) is 72.1 cm³/mol. The largest absolute Gasteiger partial charge is 0.492 e. The van der Waals surface area contributed by atoms with E-state index in [1.54, 1.807) is 12.1 Å². The molecule has 1 aliphatic carbocycles. The number of aliphatic hydroxyl groups excluding tert-OH is 1. The minimum atomic E-state index is -3.17. The van der Waals surface area contributed by atoms with Crippen molar-refractivity contribution in [1.82, 2.24) is 5.32 Å². The number of aliphatic hydroxyl groups is 1. The molecular formula is C13H19NO4S. The molecule has 1 saturated carbocycles. The molecule has 0 heterocycles. The average molecular weight is 285 g/mol. The summed E-state index contributed by atoms with van der Waals surface area (Å²) in [5.41, 5.74) is 0. The van der Waals surface area contributed by atoms with Crippen molar-refractivity contribution in [2.45, 2.75) is 29.8 Å². The Labute approximate surface area is 113 Å². The maximum absolute atomic E-state index is 11.3. The summed E-state index contributed by atoms with van der Waals surface area (Å²) in [5, 5.41) is 12.5. The fourth-order valence-corrected chi connectivity index (χ4v) is 2.35. The first-order valence-electron chi connectivity index (χ1n) is 6.29. The van der Waals surface area contributed by atoms with E-state index in [-0.39, 0.29) is 17.5 Å². The van der Waals surface area contributed by atoms with E-state index in [1.807, 2.05) is 0 Å². The molecule has 0 amide bonds. The smallest absolute Gasteiger partial charge is 0.175 e. The second-order valence-corrected chi connectivity index (χ2v) is 6.89. The topological polar surface area (TPSA) is 75.6 Å². The van der Waals surface area contributed by atoms with Crippen molar-refractivity contribution in [3.63, 3.8) is 0 Å². The number of hydrogen-bond donors (Lipinski definition) is 2. The van der Waals surface area contributed by atoms with Gasteiger partial charge in [-0.1, -0.05) is 0 Å². The van der Waals surface area contributed by atoms with Gasteiger partial charge in [0.25, 0.3) is 0 Å². The molecule has 5 nitrogen and oxygen atoms in total. The highest BCUT2D eigenvalue weighted by molar-refractivity contribution is 7.90. The van der Waals surface area contributed by atoms with E-state index in [0.717, 1.165) is 12.8 Å². The van der Waals surface area contributed by atoms with Crippen LogP contribution in [0, 0.1) is 0 Å². The lowest BCUT2D eigenvalue weighted by atomic mass is 10.3. The molecule has 1 fully saturated rings. The number of sulfone groups is 1. The van der Waals surface area contributed by atoms with E-state index < -0.39 is 9.84 Å². The van der Waals surface area contributed by atoms with Gasteiger partial charge in [0.15, 0.2) is 9.84 Å². The van der Waals surface area contributed by atoms with Gasteiger partial charge in [-0.3, -0.25) is 0 Å². The quantitative estimate of drug-likeness (QED) is 0.766. The van der Waals surface area contributed by atoms with Crippen molar-refractivity contribution in [2.24, 2.45) is 0 Å². The molecule has 106 valence electrons. The Morgan fingerprint density at radius 1 is 1.37 bits per heavy atom. The molecule has 6 heteroatoms. The van der Waals surface area contributed by atoms with Crippen LogP contribution in [0.1, 0.15) is 12.8 Å². The van der Waals surface area contributed by atoms with Crippen LogP contribution in [-0.4, -0.2) is 45.1 Å². The van der Waals surface area contributed by atoms with E-state index in [2.05, 4.69) is 5.32 Å². The lowest BCUT2D eigenvalue weighted by Crippen LogP contribution is -2.39. The Morgan fingerprint density at radius 3 is 2.47 bits per heavy atom. The van der Waals surface area contributed by atoms with Crippen LogP contribution in [0.3, 0.4) is 0 Å². The second kappa shape index (κ2) is 5.90. The SMILES string of the molecule is CS(=O)(=O)c1ccc(OCC(CO)NC2CC2)cc1. The Morgan fingerprint density at radius 2 is 2.00 bits per heavy atom. The standard InChI is InChI=1S/C13H19NO4S/c1-19(16,17)13-6-4-12(5-7-13)18-9-11(8-15)14-10-2-3-10/h4-7,10-11,14-15H,2-3,8-9H2,1H3. The van der Waals surface area contributed by atoms with Crippen LogP contribution >= 0.6 is 0 Å². The molecule has 1 atom stereocenters. The van der Waals surface area contributed by atoms with Gasteiger partial charge in [0.05, 0.1) is 17.5 Å². The van der Waals surface area contributed by atoms with E-state index in [0.29, 0.717) is 18.4 Å². The fourth-order valence-electron chi connectivity index (χ4n) is 1.72. The highest BCUT2D eigenvalue weighted by atomic mass is 32.2. The first-order valence-corrected chi connectivity index (χ1v) is 8.18. The average Bonchev–Trinajstić information content (AvgIpc) is 3.18. The Bertz CT molecular complexity index is 508. The van der Waals surface area contributed by atoms with Gasteiger partial charge >= 0.3 is 0 Å². The van der Waals surface area contributed by atoms with E-state index in [4.69, 9.17) is 4.74 Å². The monoisotopic (exact) mass is 285 g/mol. The van der Waals surface area contributed by atoms with Crippen LogP contribution in [-0.2, 0) is 9.84 Å². The molecule has 1 aromatic rings. The molecule has 1 unspecified atom stereocenters. The Kier molecular flexibility index (Phi) is 4.44. The summed E-state index contributed by atoms with van der Waals surface area (Å²) < 4.78 is 28.1. The highest BCUT2D eigenvalue weighted by Gasteiger charge is 2.24. The number of hydrogen-bond acceptors (Lipinski definition) is 5. The third-order valence-electron chi connectivity index (χ3n) is 2.97. The van der Waals surface area contributed by atoms with Gasteiger partial charge in [0.2, 0.25) is 0 Å². The maximum atomic E-state index is 11.3. The number of benzene rings is 1. The molecule has 0 aliphatic heterocycles. The van der Waals surface area contributed by atoms with Gasteiger partial charge in [-0.05, 0) is 37.1 Å². The van der Waals surface area contributed by atoms with Gasteiger partial charge in [-0.25, -0.2) is 8.42 Å². The normalized spacial score (nSPS) is 17.2. The first kappa shape index (κ1) is 14.3. The predicted octanol–water partition coefficient (Wildman–Crippen LogP) is 0.582. The molecule has 19 heavy (non-hydrogen) atoms. The van der Waals surface area contributed by atoms with Crippen molar-refractivity contribution in [1.29, 1.82) is 0 Å². The van der Waals surface area contributed by atoms with E-state index in [9.17, 15) is 13.5 Å². The van der Waals surface area contributed by atoms with E-state index in [1.165, 1.54) is 18.4 Å². The van der Waals surface area contributed by atoms with Crippen LogP contribution in [0.4, 0.5) is 0 Å². The van der Waals surface area contributed by atoms with Crippen LogP contribution in [0.5, 0.6) is 5.75 Å². The molecule has 0 aromatic heterocycles. The second-order valence-electron chi connectivity index (χ2n) is 4.88. The lowest BCUT2D eigenvalue weighted by Gasteiger charge is -2.16. The zero-order valence-electron chi connectivity index (χ0n) is 10.9. The third kappa shape index (κ3) is 4.49. The zero-order chi connectivity index (χ0) is 13.9. The summed E-state index contributed by atoms with van der Waals surface area (Å²) >= 11 is 0. The fraction of sp³-hybridized carbons (Fsp3) is 0.538. The number of rotatable bonds is 7. The van der Waals surface area contributed by atoms with Crippen LogP contribution in [0.15, 0.2) is 29.2 Å². The molecule has 0 radical (unpaired) electrons. The summed E-state index contributed by atoms with van der Waals surface area (Å²) in [7, 11) is -3.17. The third-order valence-corrected chi connectivity index (χ3v) is 4.10. The van der Waals surface area contributed by atoms with Gasteiger partial charge < -0.3 is 15.2 Å². The van der Waals surface area contributed by atoms with Gasteiger partial charge in [-0.15, -0.1) is 0 Å². The Hall–Kier alpha value is -1.11. The van der Waals surface area contributed by atoms with Gasteiger partial charge in [0.1, 0.15) is 12.4 Å². The molecule has 0 spiro atoms. The van der Waals surface area contributed by atoms with Crippen molar-refractivity contribution in [3.8, 4) is 5.75 Å². The van der Waals surface area contributed by atoms with Crippen molar-refractivity contribution in [2.75, 3.05) is 19.5 Å². The maximum Gasteiger partial charge on any atom is 0.175 e. The van der Waals surface area contributed by atoms with Crippen LogP contribution in [0.25, 0.3) is 0 Å². The Balaban J connectivity index is 1.88. The minimum absolute atomic E-state index is 0.0257. The van der Waals surface area contributed by atoms with Gasteiger partial charge in [0, 0.05) is 12.3 Å². The molecule has 0 saturated heterocycles. The minimum Gasteiger partial charge on any atom is -0.492 e. The number of ether oxygens (including phenoxy) is 1. The summed E-state index contributed by atoms with van der Waals surface area (Å²) in [6.45, 7) is 0.392.